The largest absolute Gasteiger partial charge is 0.468 e. The van der Waals surface area contributed by atoms with Crippen molar-refractivity contribution in [3.8, 4) is 0 Å². The van der Waals surface area contributed by atoms with Crippen LogP contribution in [-0.2, 0) is 9.53 Å². The summed E-state index contributed by atoms with van der Waals surface area (Å²) in [5, 5.41) is 11.6. The minimum atomic E-state index is -0.725. The summed E-state index contributed by atoms with van der Waals surface area (Å²) in [7, 11) is 2.88. The van der Waals surface area contributed by atoms with E-state index < -0.39 is 18.1 Å². The van der Waals surface area contributed by atoms with Gasteiger partial charge in [0.05, 0.1) is 13.2 Å². The van der Waals surface area contributed by atoms with Crippen molar-refractivity contribution in [2.75, 3.05) is 14.2 Å². The number of carbonyl (C=O) groups is 1. The van der Waals surface area contributed by atoms with Crippen molar-refractivity contribution in [2.24, 2.45) is 0 Å². The summed E-state index contributed by atoms with van der Waals surface area (Å²) in [6, 6.07) is -0.620. The number of carbonyl (C=O) groups excluding carboxylic acids is 1. The van der Waals surface area contributed by atoms with Gasteiger partial charge in [0.15, 0.2) is 0 Å². The van der Waals surface area contributed by atoms with Crippen LogP contribution in [0.1, 0.15) is 6.92 Å². The average Bonchev–Trinajstić information content (AvgIpc) is 1.88. The lowest BCUT2D eigenvalue weighted by molar-refractivity contribution is -0.145. The highest BCUT2D eigenvalue weighted by molar-refractivity contribution is 5.76. The van der Waals surface area contributed by atoms with Crippen LogP contribution in [0.5, 0.6) is 0 Å². The Morgan fingerprint density at radius 2 is 2.20 bits per heavy atom. The molecular formula is C6H13NO3. The van der Waals surface area contributed by atoms with Crippen LogP contribution in [0.4, 0.5) is 0 Å². The van der Waals surface area contributed by atoms with Crippen molar-refractivity contribution >= 4 is 5.97 Å². The highest BCUT2D eigenvalue weighted by atomic mass is 16.5. The first kappa shape index (κ1) is 9.39. The molecule has 0 saturated carbocycles. The maximum Gasteiger partial charge on any atom is 0.325 e. The second-order valence-electron chi connectivity index (χ2n) is 2.03. The number of aliphatic hydroxyl groups excluding tert-OH is 1. The number of methoxy groups -OCH3 is 1. The molecule has 10 heavy (non-hydrogen) atoms. The van der Waals surface area contributed by atoms with Gasteiger partial charge in [-0.1, -0.05) is 0 Å². The first-order valence-corrected chi connectivity index (χ1v) is 3.06. The van der Waals surface area contributed by atoms with Gasteiger partial charge in [-0.3, -0.25) is 4.79 Å². The molecule has 0 fully saturated rings. The molecule has 0 spiro atoms. The highest BCUT2D eigenvalue weighted by Gasteiger charge is 2.21. The second-order valence-corrected chi connectivity index (χ2v) is 2.03. The summed E-state index contributed by atoms with van der Waals surface area (Å²) in [6.07, 6.45) is -0.725. The number of likely N-dealkylation sites (N-methyl/N-ethyl adjacent to an activating group) is 1. The number of ether oxygens (including phenoxy) is 1. The fourth-order valence-electron chi connectivity index (χ4n) is 0.683. The van der Waals surface area contributed by atoms with Crippen LogP contribution < -0.4 is 5.32 Å². The molecule has 0 aromatic carbocycles. The zero-order valence-corrected chi connectivity index (χ0v) is 6.42. The number of nitrogens with one attached hydrogen (secondary N) is 1. The van der Waals surface area contributed by atoms with Gasteiger partial charge in [0.1, 0.15) is 6.04 Å². The number of hydrogen-bond acceptors (Lipinski definition) is 4. The monoisotopic (exact) mass is 147 g/mol. The third-order valence-corrected chi connectivity index (χ3v) is 1.25. The molecule has 4 nitrogen and oxygen atoms in total. The SMILES string of the molecule is CN[C@H](C(=O)OC)[C@H](C)O. The van der Waals surface area contributed by atoms with Crippen molar-refractivity contribution in [3.05, 3.63) is 0 Å². The zero-order chi connectivity index (χ0) is 8.15. The molecule has 0 heterocycles. The Kier molecular flexibility index (Phi) is 3.99. The molecule has 4 heteroatoms. The molecule has 60 valence electrons. The quantitative estimate of drug-likeness (QED) is 0.509. The molecule has 0 saturated heterocycles. The molecule has 0 aliphatic rings. The van der Waals surface area contributed by atoms with Crippen LogP contribution >= 0.6 is 0 Å². The van der Waals surface area contributed by atoms with E-state index in [0.29, 0.717) is 0 Å². The average molecular weight is 147 g/mol. The number of esters is 1. The second kappa shape index (κ2) is 4.24. The van der Waals surface area contributed by atoms with E-state index in [2.05, 4.69) is 10.1 Å². The summed E-state index contributed by atoms with van der Waals surface area (Å²) in [5.74, 6) is -0.447. The number of rotatable bonds is 3. The predicted octanol–water partition coefficient (Wildman–Crippen LogP) is -0.872. The molecule has 0 unspecified atom stereocenters. The van der Waals surface area contributed by atoms with E-state index in [4.69, 9.17) is 5.11 Å². The molecular weight excluding hydrogens is 134 g/mol. The van der Waals surface area contributed by atoms with Gasteiger partial charge in [-0.25, -0.2) is 0 Å². The smallest absolute Gasteiger partial charge is 0.325 e. The molecule has 0 aliphatic heterocycles. The van der Waals surface area contributed by atoms with Gasteiger partial charge in [0.2, 0.25) is 0 Å². The van der Waals surface area contributed by atoms with E-state index in [1.165, 1.54) is 14.0 Å². The lowest BCUT2D eigenvalue weighted by atomic mass is 10.2. The Balaban J connectivity index is 3.93. The standard InChI is InChI=1S/C6H13NO3/c1-4(8)5(7-2)6(9)10-3/h4-5,7-8H,1-3H3/t4-,5-/m0/s1. The van der Waals surface area contributed by atoms with Crippen LogP contribution in [0.25, 0.3) is 0 Å². The van der Waals surface area contributed by atoms with E-state index in [0.717, 1.165) is 0 Å². The van der Waals surface area contributed by atoms with Gasteiger partial charge in [-0.05, 0) is 14.0 Å². The Morgan fingerprint density at radius 3 is 2.30 bits per heavy atom. The van der Waals surface area contributed by atoms with Crippen LogP contribution in [0, 0.1) is 0 Å². The van der Waals surface area contributed by atoms with Crippen LogP contribution in [0.15, 0.2) is 0 Å². The van der Waals surface area contributed by atoms with E-state index in [1.54, 1.807) is 7.05 Å². The predicted molar refractivity (Wildman–Crippen MR) is 36.5 cm³/mol. The number of aliphatic hydroxyl groups is 1. The fraction of sp³-hybridized carbons (Fsp3) is 0.833. The molecule has 0 aliphatic carbocycles. The summed E-state index contributed by atoms with van der Waals surface area (Å²) >= 11 is 0. The third kappa shape index (κ3) is 2.33. The van der Waals surface area contributed by atoms with Gasteiger partial charge in [-0.2, -0.15) is 0 Å². The normalized spacial score (nSPS) is 16.0. The van der Waals surface area contributed by atoms with Gasteiger partial charge in [-0.15, -0.1) is 0 Å². The molecule has 0 aromatic heterocycles. The highest BCUT2D eigenvalue weighted by Crippen LogP contribution is 1.93. The molecule has 2 N–H and O–H groups in total. The van der Waals surface area contributed by atoms with Crippen molar-refractivity contribution in [2.45, 2.75) is 19.1 Å². The topological polar surface area (TPSA) is 58.6 Å². The minimum absolute atomic E-state index is 0.447. The lowest BCUT2D eigenvalue weighted by Gasteiger charge is -2.15. The van der Waals surface area contributed by atoms with Gasteiger partial charge in [0.25, 0.3) is 0 Å². The van der Waals surface area contributed by atoms with Crippen molar-refractivity contribution < 1.29 is 14.6 Å². The van der Waals surface area contributed by atoms with Gasteiger partial charge >= 0.3 is 5.97 Å². The van der Waals surface area contributed by atoms with Crippen molar-refractivity contribution in [1.29, 1.82) is 0 Å². The third-order valence-electron chi connectivity index (χ3n) is 1.25. The Morgan fingerprint density at radius 1 is 1.70 bits per heavy atom. The zero-order valence-electron chi connectivity index (χ0n) is 6.42. The van der Waals surface area contributed by atoms with Gasteiger partial charge < -0.3 is 15.2 Å². The summed E-state index contributed by atoms with van der Waals surface area (Å²) < 4.78 is 4.40. The van der Waals surface area contributed by atoms with Crippen LogP contribution in [0.2, 0.25) is 0 Å². The summed E-state index contributed by atoms with van der Waals surface area (Å²) in [5.41, 5.74) is 0. The molecule has 0 amide bonds. The maximum absolute atomic E-state index is 10.7. The first-order chi connectivity index (χ1) is 4.63. The molecule has 0 aromatic rings. The Hall–Kier alpha value is -0.610. The van der Waals surface area contributed by atoms with E-state index in [-0.39, 0.29) is 0 Å². The van der Waals surface area contributed by atoms with Crippen LogP contribution in [-0.4, -0.2) is 37.4 Å². The van der Waals surface area contributed by atoms with Crippen LogP contribution in [0.3, 0.4) is 0 Å². The number of hydrogen-bond donors (Lipinski definition) is 2. The maximum atomic E-state index is 10.7. The fourth-order valence-corrected chi connectivity index (χ4v) is 0.683. The van der Waals surface area contributed by atoms with Crippen molar-refractivity contribution in [3.63, 3.8) is 0 Å². The van der Waals surface area contributed by atoms with E-state index in [1.807, 2.05) is 0 Å². The molecule has 0 radical (unpaired) electrons. The molecule has 0 rings (SSSR count). The Labute approximate surface area is 60.2 Å². The molecule has 2 atom stereocenters. The Bertz CT molecular complexity index is 114. The summed E-state index contributed by atoms with van der Waals surface area (Å²) in [6.45, 7) is 1.53. The minimum Gasteiger partial charge on any atom is -0.468 e. The molecule has 0 bridgehead atoms. The lowest BCUT2D eigenvalue weighted by Crippen LogP contribution is -2.43. The van der Waals surface area contributed by atoms with Gasteiger partial charge in [0, 0.05) is 0 Å². The first-order valence-electron chi connectivity index (χ1n) is 3.06. The van der Waals surface area contributed by atoms with Crippen molar-refractivity contribution in [1.82, 2.24) is 5.32 Å². The van der Waals surface area contributed by atoms with E-state index >= 15 is 0 Å². The van der Waals surface area contributed by atoms with E-state index in [9.17, 15) is 4.79 Å². The summed E-state index contributed by atoms with van der Waals surface area (Å²) in [4.78, 5) is 10.7.